The zero-order chi connectivity index (χ0) is 20.5. The van der Waals surface area contributed by atoms with Crippen LogP contribution in [0.3, 0.4) is 0 Å². The fourth-order valence-corrected chi connectivity index (χ4v) is 3.72. The third-order valence-corrected chi connectivity index (χ3v) is 5.58. The predicted octanol–water partition coefficient (Wildman–Crippen LogP) is 4.70. The molecule has 3 atom stereocenters. The summed E-state index contributed by atoms with van der Waals surface area (Å²) in [5, 5.41) is 19.7. The van der Waals surface area contributed by atoms with Gasteiger partial charge in [0, 0.05) is 30.8 Å². The Hall–Kier alpha value is -1.80. The van der Waals surface area contributed by atoms with Gasteiger partial charge < -0.3 is 10.2 Å². The molecule has 4 nitrogen and oxygen atoms in total. The van der Waals surface area contributed by atoms with Gasteiger partial charge in [-0.2, -0.15) is 0 Å². The molecule has 1 aliphatic carbocycles. The Morgan fingerprint density at radius 1 is 1.29 bits per heavy atom. The third kappa shape index (κ3) is 7.31. The van der Waals surface area contributed by atoms with Crippen LogP contribution >= 0.6 is 23.2 Å². The van der Waals surface area contributed by atoms with Crippen molar-refractivity contribution in [3.8, 4) is 11.8 Å². The Balaban J connectivity index is 1.85. The minimum absolute atomic E-state index is 0.0227. The maximum atomic E-state index is 12.1. The lowest BCUT2D eigenvalue weighted by molar-refractivity contribution is -0.131. The lowest BCUT2D eigenvalue weighted by Crippen LogP contribution is -2.14. The molecular formula is C22H24Cl2O4. The first-order valence-corrected chi connectivity index (χ1v) is 10.2. The summed E-state index contributed by atoms with van der Waals surface area (Å²) in [6, 6.07) is 5.21. The number of rotatable bonds is 8. The van der Waals surface area contributed by atoms with Crippen LogP contribution in [0.5, 0.6) is 0 Å². The molecule has 0 amide bonds. The van der Waals surface area contributed by atoms with Crippen LogP contribution in [0.25, 0.3) is 0 Å². The van der Waals surface area contributed by atoms with E-state index >= 15 is 0 Å². The number of aliphatic hydroxyl groups excluding tert-OH is 1. The number of carbonyl (C=O) groups is 2. The van der Waals surface area contributed by atoms with Crippen molar-refractivity contribution in [2.24, 2.45) is 11.8 Å². The SMILES string of the molecule is O=C(O)/C=C/CCCC[C@H]1C(=O)CC[C@@H]1C#CC(O)Cc1ccc(Cl)c(Cl)c1. The Morgan fingerprint density at radius 3 is 2.79 bits per heavy atom. The van der Waals surface area contributed by atoms with Gasteiger partial charge in [0.15, 0.2) is 0 Å². The van der Waals surface area contributed by atoms with Crippen molar-refractivity contribution in [2.75, 3.05) is 0 Å². The average molecular weight is 423 g/mol. The molecule has 2 N–H and O–H groups in total. The van der Waals surface area contributed by atoms with Gasteiger partial charge in [0.1, 0.15) is 11.9 Å². The fraction of sp³-hybridized carbons (Fsp3) is 0.455. The standard InChI is InChI=1S/C22H24Cl2O4/c23-19-11-7-15(14-20(19)24)13-17(25)10-8-16-9-12-21(26)18(16)5-3-1-2-4-6-22(27)28/h4,6-7,11,14,16-18,25H,1-3,5,9,12-13H2,(H,27,28)/b6-4+/t16-,17?,18+/m0/s1. The second kappa shape index (κ2) is 11.3. The van der Waals surface area contributed by atoms with Crippen LogP contribution in [0.4, 0.5) is 0 Å². The van der Waals surface area contributed by atoms with Crippen LogP contribution < -0.4 is 0 Å². The number of carbonyl (C=O) groups excluding carboxylic acids is 1. The molecule has 150 valence electrons. The van der Waals surface area contributed by atoms with Crippen molar-refractivity contribution in [1.29, 1.82) is 0 Å². The second-order valence-electron chi connectivity index (χ2n) is 7.00. The van der Waals surface area contributed by atoms with Gasteiger partial charge in [-0.25, -0.2) is 4.79 Å². The molecule has 1 fully saturated rings. The fourth-order valence-electron chi connectivity index (χ4n) is 3.40. The normalized spacial score (nSPS) is 20.2. The highest BCUT2D eigenvalue weighted by molar-refractivity contribution is 6.42. The van der Waals surface area contributed by atoms with E-state index in [0.717, 1.165) is 37.3 Å². The molecule has 28 heavy (non-hydrogen) atoms. The van der Waals surface area contributed by atoms with E-state index in [0.29, 0.717) is 29.3 Å². The van der Waals surface area contributed by atoms with E-state index in [-0.39, 0.29) is 17.6 Å². The first-order chi connectivity index (χ1) is 13.4. The summed E-state index contributed by atoms with van der Waals surface area (Å²) in [7, 11) is 0. The molecule has 1 aromatic carbocycles. The number of ketones is 1. The van der Waals surface area contributed by atoms with E-state index in [1.54, 1.807) is 24.3 Å². The highest BCUT2D eigenvalue weighted by Gasteiger charge is 2.32. The maximum absolute atomic E-state index is 12.1. The predicted molar refractivity (Wildman–Crippen MR) is 110 cm³/mol. The number of benzene rings is 1. The summed E-state index contributed by atoms with van der Waals surface area (Å²) in [5.41, 5.74) is 0.852. The van der Waals surface area contributed by atoms with Gasteiger partial charge in [-0.3, -0.25) is 4.79 Å². The average Bonchev–Trinajstić information content (AvgIpc) is 2.99. The van der Waals surface area contributed by atoms with Crippen molar-refractivity contribution < 1.29 is 19.8 Å². The van der Waals surface area contributed by atoms with Crippen LogP contribution in [0.1, 0.15) is 44.1 Å². The van der Waals surface area contributed by atoms with Gasteiger partial charge in [-0.1, -0.05) is 53.6 Å². The lowest BCUT2D eigenvalue weighted by Gasteiger charge is -2.13. The number of halogens is 2. The zero-order valence-corrected chi connectivity index (χ0v) is 17.0. The van der Waals surface area contributed by atoms with Gasteiger partial charge in [-0.15, -0.1) is 0 Å². The molecule has 6 heteroatoms. The number of aliphatic hydroxyl groups is 1. The van der Waals surface area contributed by atoms with Gasteiger partial charge in [-0.05, 0) is 43.4 Å². The van der Waals surface area contributed by atoms with Gasteiger partial charge in [0.25, 0.3) is 0 Å². The van der Waals surface area contributed by atoms with Crippen LogP contribution in [0, 0.1) is 23.7 Å². The maximum Gasteiger partial charge on any atom is 0.327 e. The minimum Gasteiger partial charge on any atom is -0.478 e. The Labute approximate surface area is 175 Å². The van der Waals surface area contributed by atoms with Crippen LogP contribution in [-0.2, 0) is 16.0 Å². The van der Waals surface area contributed by atoms with Crippen molar-refractivity contribution >= 4 is 35.0 Å². The second-order valence-corrected chi connectivity index (χ2v) is 7.81. The first kappa shape index (κ1) is 22.5. The monoisotopic (exact) mass is 422 g/mol. The summed E-state index contributed by atoms with van der Waals surface area (Å²) >= 11 is 11.9. The topological polar surface area (TPSA) is 74.6 Å². The number of aliphatic carboxylic acids is 1. The lowest BCUT2D eigenvalue weighted by atomic mass is 9.90. The van der Waals surface area contributed by atoms with Gasteiger partial charge in [0.2, 0.25) is 0 Å². The number of Topliss-reactive ketones (excluding diaryl/α,β-unsaturated/α-hetero) is 1. The third-order valence-electron chi connectivity index (χ3n) is 4.85. The molecule has 0 heterocycles. The number of allylic oxidation sites excluding steroid dienone is 1. The number of unbranched alkanes of at least 4 members (excludes halogenated alkanes) is 2. The summed E-state index contributed by atoms with van der Waals surface area (Å²) in [6.07, 6.45) is 6.70. The molecule has 1 saturated carbocycles. The molecule has 1 aliphatic rings. The molecular weight excluding hydrogens is 399 g/mol. The van der Waals surface area contributed by atoms with Crippen LogP contribution in [0.15, 0.2) is 30.4 Å². The Kier molecular flexibility index (Phi) is 9.05. The number of hydrogen-bond donors (Lipinski definition) is 2. The molecule has 2 rings (SSSR count). The minimum atomic E-state index is -0.944. The molecule has 0 saturated heterocycles. The summed E-state index contributed by atoms with van der Waals surface area (Å²) in [4.78, 5) is 22.6. The number of carboxylic acids is 1. The van der Waals surface area contributed by atoms with E-state index in [4.69, 9.17) is 28.3 Å². The largest absolute Gasteiger partial charge is 0.478 e. The van der Waals surface area contributed by atoms with Gasteiger partial charge >= 0.3 is 5.97 Å². The molecule has 0 aliphatic heterocycles. The van der Waals surface area contributed by atoms with Crippen LogP contribution in [-0.4, -0.2) is 28.1 Å². The summed E-state index contributed by atoms with van der Waals surface area (Å²) in [5.74, 6) is 5.16. The first-order valence-electron chi connectivity index (χ1n) is 9.42. The molecule has 0 radical (unpaired) electrons. The van der Waals surface area contributed by atoms with E-state index in [1.165, 1.54) is 0 Å². The highest BCUT2D eigenvalue weighted by Crippen LogP contribution is 2.32. The Bertz CT molecular complexity index is 791. The molecule has 0 spiro atoms. The van der Waals surface area contributed by atoms with Crippen molar-refractivity contribution in [1.82, 2.24) is 0 Å². The molecule has 1 unspecified atom stereocenters. The number of carboxylic acid groups (broad SMARTS) is 1. The van der Waals surface area contributed by atoms with Crippen molar-refractivity contribution in [3.63, 3.8) is 0 Å². The summed E-state index contributed by atoms with van der Waals surface area (Å²) in [6.45, 7) is 0. The van der Waals surface area contributed by atoms with E-state index < -0.39 is 12.1 Å². The van der Waals surface area contributed by atoms with E-state index in [9.17, 15) is 14.7 Å². The smallest absolute Gasteiger partial charge is 0.327 e. The van der Waals surface area contributed by atoms with Crippen molar-refractivity contribution in [3.05, 3.63) is 46.0 Å². The zero-order valence-electron chi connectivity index (χ0n) is 15.5. The van der Waals surface area contributed by atoms with Crippen LogP contribution in [0.2, 0.25) is 10.0 Å². The molecule has 0 bridgehead atoms. The highest BCUT2D eigenvalue weighted by atomic mass is 35.5. The molecule has 1 aromatic rings. The molecule has 0 aromatic heterocycles. The quantitative estimate of drug-likeness (QED) is 0.361. The van der Waals surface area contributed by atoms with E-state index in [1.807, 2.05) is 0 Å². The Morgan fingerprint density at radius 2 is 2.07 bits per heavy atom. The summed E-state index contributed by atoms with van der Waals surface area (Å²) < 4.78 is 0. The van der Waals surface area contributed by atoms with E-state index in [2.05, 4.69) is 11.8 Å². The van der Waals surface area contributed by atoms with Crippen molar-refractivity contribution in [2.45, 2.75) is 51.0 Å². The van der Waals surface area contributed by atoms with Gasteiger partial charge in [0.05, 0.1) is 10.0 Å². The number of hydrogen-bond acceptors (Lipinski definition) is 3.